The van der Waals surface area contributed by atoms with Gasteiger partial charge in [-0.25, -0.2) is 0 Å². The third-order valence-electron chi connectivity index (χ3n) is 3.10. The first kappa shape index (κ1) is 11.5. The fourth-order valence-corrected chi connectivity index (χ4v) is 2.29. The predicted molar refractivity (Wildman–Crippen MR) is 56.4 cm³/mol. The van der Waals surface area contributed by atoms with Gasteiger partial charge in [0.15, 0.2) is 0 Å². The summed E-state index contributed by atoms with van der Waals surface area (Å²) in [6, 6.07) is 0.187. The Morgan fingerprint density at radius 3 is 2.79 bits per heavy atom. The Morgan fingerprint density at radius 2 is 2.29 bits per heavy atom. The van der Waals surface area contributed by atoms with Crippen LogP contribution in [-0.4, -0.2) is 34.6 Å². The van der Waals surface area contributed by atoms with E-state index in [2.05, 4.69) is 11.8 Å². The minimum absolute atomic E-state index is 0.254. The monoisotopic (exact) mass is 199 g/mol. The highest BCUT2D eigenvalue weighted by Crippen LogP contribution is 2.21. The molecule has 1 fully saturated rings. The van der Waals surface area contributed by atoms with Gasteiger partial charge in [-0.3, -0.25) is 9.69 Å². The Bertz CT molecular complexity index is 194. The van der Waals surface area contributed by atoms with Gasteiger partial charge in [0, 0.05) is 6.04 Å². The van der Waals surface area contributed by atoms with Crippen LogP contribution < -0.4 is 0 Å². The average molecular weight is 199 g/mol. The zero-order chi connectivity index (χ0) is 10.6. The molecule has 0 aromatic carbocycles. The van der Waals surface area contributed by atoms with Crippen molar-refractivity contribution in [3.63, 3.8) is 0 Å². The number of carboxylic acid groups (broad SMARTS) is 1. The normalized spacial score (nSPS) is 26.0. The molecule has 82 valence electrons. The summed E-state index contributed by atoms with van der Waals surface area (Å²) in [5.74, 6) is -0.652. The Morgan fingerprint density at radius 1 is 1.57 bits per heavy atom. The van der Waals surface area contributed by atoms with Crippen molar-refractivity contribution < 1.29 is 9.90 Å². The number of rotatable bonds is 4. The highest BCUT2D eigenvalue weighted by atomic mass is 16.4. The second-order valence-electron chi connectivity index (χ2n) is 4.23. The van der Waals surface area contributed by atoms with Crippen molar-refractivity contribution in [2.45, 2.75) is 58.0 Å². The van der Waals surface area contributed by atoms with Gasteiger partial charge in [-0.05, 0) is 32.7 Å². The van der Waals surface area contributed by atoms with Crippen LogP contribution in [-0.2, 0) is 4.79 Å². The summed E-state index contributed by atoms with van der Waals surface area (Å²) >= 11 is 0. The standard InChI is InChI=1S/C11H21NO2/c1-3-6-10(11(13)14)12-8-5-4-7-9(12)2/h9-10H,3-8H2,1-2H3,(H,13,14)/t9-,10+/m1/s1. The summed E-state index contributed by atoms with van der Waals surface area (Å²) < 4.78 is 0. The number of carboxylic acids is 1. The summed E-state index contributed by atoms with van der Waals surface area (Å²) in [4.78, 5) is 13.3. The zero-order valence-corrected chi connectivity index (χ0v) is 9.20. The molecular formula is C11H21NO2. The SMILES string of the molecule is CCC[C@@H](C(=O)O)N1CCCC[C@H]1C. The lowest BCUT2D eigenvalue weighted by Crippen LogP contribution is -2.48. The van der Waals surface area contributed by atoms with E-state index in [0.29, 0.717) is 6.04 Å². The van der Waals surface area contributed by atoms with Gasteiger partial charge in [0.2, 0.25) is 0 Å². The van der Waals surface area contributed by atoms with Gasteiger partial charge in [0.25, 0.3) is 0 Å². The van der Waals surface area contributed by atoms with E-state index in [-0.39, 0.29) is 6.04 Å². The van der Waals surface area contributed by atoms with Crippen LogP contribution in [0, 0.1) is 0 Å². The van der Waals surface area contributed by atoms with Crippen molar-refractivity contribution in [1.82, 2.24) is 4.90 Å². The molecule has 0 spiro atoms. The van der Waals surface area contributed by atoms with Crippen LogP contribution in [0.25, 0.3) is 0 Å². The number of hydrogen-bond acceptors (Lipinski definition) is 2. The second kappa shape index (κ2) is 5.35. The molecule has 3 nitrogen and oxygen atoms in total. The van der Waals surface area contributed by atoms with Crippen molar-refractivity contribution in [1.29, 1.82) is 0 Å². The van der Waals surface area contributed by atoms with E-state index < -0.39 is 5.97 Å². The number of nitrogens with zero attached hydrogens (tertiary/aromatic N) is 1. The highest BCUT2D eigenvalue weighted by Gasteiger charge is 2.29. The highest BCUT2D eigenvalue weighted by molar-refractivity contribution is 5.73. The molecule has 1 aliphatic heterocycles. The Balaban J connectivity index is 2.60. The predicted octanol–water partition coefficient (Wildman–Crippen LogP) is 2.11. The lowest BCUT2D eigenvalue weighted by atomic mass is 9.99. The van der Waals surface area contributed by atoms with Crippen molar-refractivity contribution in [2.24, 2.45) is 0 Å². The van der Waals surface area contributed by atoms with Crippen molar-refractivity contribution in [3.8, 4) is 0 Å². The van der Waals surface area contributed by atoms with Crippen LogP contribution in [0.3, 0.4) is 0 Å². The molecule has 0 aromatic rings. The summed E-state index contributed by atoms with van der Waals surface area (Å²) in [5.41, 5.74) is 0. The molecule has 1 rings (SSSR count). The van der Waals surface area contributed by atoms with Gasteiger partial charge >= 0.3 is 5.97 Å². The molecule has 0 amide bonds. The second-order valence-corrected chi connectivity index (χ2v) is 4.23. The summed E-state index contributed by atoms with van der Waals surface area (Å²) in [6.07, 6.45) is 5.27. The molecule has 14 heavy (non-hydrogen) atoms. The maximum Gasteiger partial charge on any atom is 0.320 e. The Kier molecular flexibility index (Phi) is 4.39. The van der Waals surface area contributed by atoms with Crippen molar-refractivity contribution >= 4 is 5.97 Å². The zero-order valence-electron chi connectivity index (χ0n) is 9.20. The van der Waals surface area contributed by atoms with Gasteiger partial charge in [0.1, 0.15) is 6.04 Å². The Labute approximate surface area is 86.1 Å². The minimum atomic E-state index is -0.652. The van der Waals surface area contributed by atoms with E-state index in [9.17, 15) is 4.79 Å². The van der Waals surface area contributed by atoms with Gasteiger partial charge in [-0.1, -0.05) is 19.8 Å². The molecule has 1 saturated heterocycles. The van der Waals surface area contributed by atoms with Crippen LogP contribution >= 0.6 is 0 Å². The quantitative estimate of drug-likeness (QED) is 0.754. The van der Waals surface area contributed by atoms with Crippen LogP contribution in [0.4, 0.5) is 0 Å². The topological polar surface area (TPSA) is 40.5 Å². The molecule has 0 bridgehead atoms. The lowest BCUT2D eigenvalue weighted by molar-refractivity contribution is -0.145. The van der Waals surface area contributed by atoms with Crippen LogP contribution in [0.15, 0.2) is 0 Å². The summed E-state index contributed by atoms with van der Waals surface area (Å²) in [6.45, 7) is 5.15. The molecule has 0 aliphatic carbocycles. The van der Waals surface area contributed by atoms with Crippen LogP contribution in [0.1, 0.15) is 46.0 Å². The van der Waals surface area contributed by atoms with Crippen molar-refractivity contribution in [3.05, 3.63) is 0 Å². The minimum Gasteiger partial charge on any atom is -0.480 e. The number of hydrogen-bond donors (Lipinski definition) is 1. The van der Waals surface area contributed by atoms with E-state index in [1.165, 1.54) is 6.42 Å². The third-order valence-corrected chi connectivity index (χ3v) is 3.10. The van der Waals surface area contributed by atoms with Crippen molar-refractivity contribution in [2.75, 3.05) is 6.54 Å². The van der Waals surface area contributed by atoms with E-state index in [1.807, 2.05) is 6.92 Å². The molecule has 0 radical (unpaired) electrons. The molecule has 1 N–H and O–H groups in total. The lowest BCUT2D eigenvalue weighted by Gasteiger charge is -2.37. The molecule has 0 saturated carbocycles. The van der Waals surface area contributed by atoms with Gasteiger partial charge in [-0.15, -0.1) is 0 Å². The van der Waals surface area contributed by atoms with E-state index in [0.717, 1.165) is 32.2 Å². The fourth-order valence-electron chi connectivity index (χ4n) is 2.29. The largest absolute Gasteiger partial charge is 0.480 e. The number of likely N-dealkylation sites (tertiary alicyclic amines) is 1. The van der Waals surface area contributed by atoms with Gasteiger partial charge in [0.05, 0.1) is 0 Å². The summed E-state index contributed by atoms with van der Waals surface area (Å²) in [7, 11) is 0. The first-order chi connectivity index (χ1) is 6.66. The molecule has 1 heterocycles. The van der Waals surface area contributed by atoms with E-state index >= 15 is 0 Å². The van der Waals surface area contributed by atoms with Crippen LogP contribution in [0.2, 0.25) is 0 Å². The van der Waals surface area contributed by atoms with E-state index in [4.69, 9.17) is 5.11 Å². The fraction of sp³-hybridized carbons (Fsp3) is 0.909. The first-order valence-electron chi connectivity index (χ1n) is 5.65. The van der Waals surface area contributed by atoms with E-state index in [1.54, 1.807) is 0 Å². The third kappa shape index (κ3) is 2.71. The Hall–Kier alpha value is -0.570. The molecule has 0 unspecified atom stereocenters. The molecule has 3 heteroatoms. The maximum atomic E-state index is 11.1. The molecule has 2 atom stereocenters. The number of aliphatic carboxylic acids is 1. The smallest absolute Gasteiger partial charge is 0.320 e. The van der Waals surface area contributed by atoms with Gasteiger partial charge in [-0.2, -0.15) is 0 Å². The summed E-state index contributed by atoms with van der Waals surface area (Å²) in [5, 5.41) is 9.13. The van der Waals surface area contributed by atoms with Crippen LogP contribution in [0.5, 0.6) is 0 Å². The number of piperidine rings is 1. The first-order valence-corrected chi connectivity index (χ1v) is 5.65. The molecular weight excluding hydrogens is 178 g/mol. The average Bonchev–Trinajstić information content (AvgIpc) is 2.15. The number of carbonyl (C=O) groups is 1. The maximum absolute atomic E-state index is 11.1. The van der Waals surface area contributed by atoms with Gasteiger partial charge < -0.3 is 5.11 Å². The molecule has 1 aliphatic rings. The molecule has 0 aromatic heterocycles.